The molecule has 2 heteroatoms. The lowest BCUT2D eigenvalue weighted by Gasteiger charge is -2.34. The molecule has 0 fully saturated rings. The van der Waals surface area contributed by atoms with Crippen LogP contribution in [-0.2, 0) is 23.7 Å². The monoisotopic (exact) mass is 1030 g/mol. The van der Waals surface area contributed by atoms with E-state index in [0.717, 1.165) is 47.0 Å². The predicted octanol–water partition coefficient (Wildman–Crippen LogP) is 20.7. The minimum Gasteiger partial charge on any atom is -0.457 e. The van der Waals surface area contributed by atoms with Gasteiger partial charge < -0.3 is 9.64 Å². The Bertz CT molecular complexity index is 4060. The number of hydrogen-bond donors (Lipinski definition) is 0. The zero-order valence-electron chi connectivity index (χ0n) is 46.2. The summed E-state index contributed by atoms with van der Waals surface area (Å²) in [5, 5.41) is 0. The standard InChI is InChI=1S/C78H65NO/c1-5-53(59-26-24-57-25-27-60(57)49-59)48-52(2)54-32-42-67(43-33-54)80-68-44-35-63(36-45-68)78(62-18-10-7-11-19-62)74-23-15-13-21-70(74)72-46-34-61(50-76(72)78)58-30-39-65(40-31-58)79(64-37-28-56(29-38-64)55-16-8-6-9-17-55)66-41-47-71-69-20-12-14-22-73(69)77(3,4)75(71)51-66/h6-24,26,28-47,49-53H,5,25,27,48H2,1-4H3. The Kier molecular flexibility index (Phi) is 12.4. The average molecular weight is 1030 g/mol. The SMILES string of the molecule is CCC(CC(C)c1ccc(Oc2ccc(C3(c4ccccc4)c4ccccc4-c4ccc(-c5ccc(N(c6ccc(-c7ccccc7)cc6)c6ccc7c(c6)C(C)(C)c6ccccc6-7)cc5)cc43)cc2)cc1)c1ccc2c(c1)CC2. The molecule has 0 bridgehead atoms. The van der Waals surface area contributed by atoms with E-state index in [2.05, 4.69) is 293 Å². The Morgan fingerprint density at radius 2 is 0.900 bits per heavy atom. The van der Waals surface area contributed by atoms with Gasteiger partial charge in [-0.15, -0.1) is 0 Å². The Morgan fingerprint density at radius 1 is 0.400 bits per heavy atom. The van der Waals surface area contributed by atoms with Gasteiger partial charge in [0.1, 0.15) is 11.5 Å². The summed E-state index contributed by atoms with van der Waals surface area (Å²) in [4.78, 5) is 2.42. The lowest BCUT2D eigenvalue weighted by molar-refractivity contribution is 0.481. The molecule has 3 unspecified atom stereocenters. The first-order chi connectivity index (χ1) is 39.2. The van der Waals surface area contributed by atoms with Crippen LogP contribution in [0, 0.1) is 0 Å². The lowest BCUT2D eigenvalue weighted by atomic mass is 9.67. The number of fused-ring (bicyclic) bond motifs is 7. The summed E-state index contributed by atoms with van der Waals surface area (Å²) in [6.07, 6.45) is 4.75. The quantitative estimate of drug-likeness (QED) is 0.108. The van der Waals surface area contributed by atoms with Gasteiger partial charge in [-0.1, -0.05) is 222 Å². The van der Waals surface area contributed by atoms with Crippen molar-refractivity contribution in [3.8, 4) is 56.0 Å². The van der Waals surface area contributed by atoms with Gasteiger partial charge >= 0.3 is 0 Å². The van der Waals surface area contributed by atoms with Crippen molar-refractivity contribution in [1.82, 2.24) is 0 Å². The van der Waals surface area contributed by atoms with Gasteiger partial charge in [-0.25, -0.2) is 0 Å². The van der Waals surface area contributed by atoms with Crippen molar-refractivity contribution in [2.45, 2.75) is 76.0 Å². The van der Waals surface area contributed by atoms with Crippen LogP contribution in [0.5, 0.6) is 11.5 Å². The highest BCUT2D eigenvalue weighted by Gasteiger charge is 2.46. The summed E-state index contributed by atoms with van der Waals surface area (Å²) in [7, 11) is 0. The van der Waals surface area contributed by atoms with Crippen LogP contribution in [0.3, 0.4) is 0 Å². The third kappa shape index (κ3) is 8.40. The van der Waals surface area contributed by atoms with Crippen molar-refractivity contribution >= 4 is 17.1 Å². The molecule has 14 rings (SSSR count). The van der Waals surface area contributed by atoms with E-state index in [1.807, 2.05) is 0 Å². The minimum absolute atomic E-state index is 0.124. The molecule has 3 aliphatic carbocycles. The first kappa shape index (κ1) is 49.3. The van der Waals surface area contributed by atoms with Crippen molar-refractivity contribution in [2.75, 3.05) is 4.90 Å². The highest BCUT2D eigenvalue weighted by molar-refractivity contribution is 5.90. The molecule has 388 valence electrons. The van der Waals surface area contributed by atoms with E-state index in [1.165, 1.54) is 102 Å². The second kappa shape index (κ2) is 20.0. The fourth-order valence-corrected chi connectivity index (χ4v) is 13.8. The second-order valence-electron chi connectivity index (χ2n) is 23.1. The molecule has 2 nitrogen and oxygen atoms in total. The fourth-order valence-electron chi connectivity index (χ4n) is 13.8. The highest BCUT2D eigenvalue weighted by Crippen LogP contribution is 2.57. The van der Waals surface area contributed by atoms with E-state index in [1.54, 1.807) is 5.56 Å². The number of hydrogen-bond acceptors (Lipinski definition) is 2. The van der Waals surface area contributed by atoms with Gasteiger partial charge in [0.25, 0.3) is 0 Å². The van der Waals surface area contributed by atoms with Gasteiger partial charge in [0.05, 0.1) is 5.41 Å². The smallest absolute Gasteiger partial charge is 0.127 e. The Morgan fingerprint density at radius 3 is 1.55 bits per heavy atom. The van der Waals surface area contributed by atoms with Crippen molar-refractivity contribution < 1.29 is 4.74 Å². The van der Waals surface area contributed by atoms with Gasteiger partial charge in [0, 0.05) is 22.5 Å². The molecule has 0 radical (unpaired) electrons. The molecule has 3 aliphatic rings. The highest BCUT2D eigenvalue weighted by atomic mass is 16.5. The molecule has 0 aromatic heterocycles. The van der Waals surface area contributed by atoms with E-state index in [9.17, 15) is 0 Å². The van der Waals surface area contributed by atoms with E-state index in [4.69, 9.17) is 4.74 Å². The molecule has 80 heavy (non-hydrogen) atoms. The summed E-state index contributed by atoms with van der Waals surface area (Å²) in [5.41, 5.74) is 26.2. The Balaban J connectivity index is 0.787. The van der Waals surface area contributed by atoms with Crippen LogP contribution in [0.2, 0.25) is 0 Å². The first-order valence-corrected chi connectivity index (χ1v) is 28.8. The molecule has 0 aliphatic heterocycles. The molecule has 3 atom stereocenters. The van der Waals surface area contributed by atoms with Crippen molar-refractivity contribution in [3.63, 3.8) is 0 Å². The number of nitrogens with zero attached hydrogens (tertiary/aromatic N) is 1. The van der Waals surface area contributed by atoms with E-state index in [0.29, 0.717) is 11.8 Å². The molecule has 0 spiro atoms. The van der Waals surface area contributed by atoms with Crippen molar-refractivity contribution in [1.29, 1.82) is 0 Å². The van der Waals surface area contributed by atoms with Gasteiger partial charge in [-0.2, -0.15) is 0 Å². The Hall–Kier alpha value is -8.98. The van der Waals surface area contributed by atoms with Crippen LogP contribution in [0.1, 0.15) is 108 Å². The topological polar surface area (TPSA) is 12.5 Å². The molecule has 0 N–H and O–H groups in total. The number of ether oxygens (including phenoxy) is 1. The molecule has 0 heterocycles. The summed E-state index contributed by atoms with van der Waals surface area (Å²) in [6.45, 7) is 9.42. The van der Waals surface area contributed by atoms with Crippen LogP contribution in [-0.4, -0.2) is 0 Å². The first-order valence-electron chi connectivity index (χ1n) is 28.8. The van der Waals surface area contributed by atoms with Crippen LogP contribution < -0.4 is 9.64 Å². The number of benzene rings is 11. The molecule has 11 aromatic rings. The summed E-state index contributed by atoms with van der Waals surface area (Å²) < 4.78 is 6.63. The summed E-state index contributed by atoms with van der Waals surface area (Å²) in [6, 6.07) is 96.9. The van der Waals surface area contributed by atoms with Crippen molar-refractivity contribution in [3.05, 3.63) is 316 Å². The summed E-state index contributed by atoms with van der Waals surface area (Å²) >= 11 is 0. The van der Waals surface area contributed by atoms with Gasteiger partial charge in [-0.3, -0.25) is 0 Å². The third-order valence-corrected chi connectivity index (χ3v) is 18.2. The zero-order valence-corrected chi connectivity index (χ0v) is 46.2. The largest absolute Gasteiger partial charge is 0.457 e. The maximum Gasteiger partial charge on any atom is 0.127 e. The second-order valence-corrected chi connectivity index (χ2v) is 23.1. The van der Waals surface area contributed by atoms with Gasteiger partial charge in [-0.05, 0) is 204 Å². The number of rotatable bonds is 14. The van der Waals surface area contributed by atoms with Crippen molar-refractivity contribution in [2.24, 2.45) is 0 Å². The molecular formula is C78H65NO. The maximum atomic E-state index is 6.63. The number of aryl methyl sites for hydroxylation is 2. The Labute approximate surface area is 472 Å². The average Bonchev–Trinajstić information content (AvgIpc) is 4.16. The molecule has 0 amide bonds. The zero-order chi connectivity index (χ0) is 54.0. The molecule has 0 saturated carbocycles. The van der Waals surface area contributed by atoms with Gasteiger partial charge in [0.2, 0.25) is 0 Å². The van der Waals surface area contributed by atoms with Crippen LogP contribution in [0.4, 0.5) is 17.1 Å². The van der Waals surface area contributed by atoms with E-state index in [-0.39, 0.29) is 5.41 Å². The van der Waals surface area contributed by atoms with Gasteiger partial charge in [0.15, 0.2) is 0 Å². The number of anilines is 3. The van der Waals surface area contributed by atoms with Crippen LogP contribution in [0.25, 0.3) is 44.5 Å². The third-order valence-electron chi connectivity index (χ3n) is 18.2. The molecule has 0 saturated heterocycles. The fraction of sp³-hybridized carbons (Fsp3) is 0.154. The van der Waals surface area contributed by atoms with E-state index >= 15 is 0 Å². The summed E-state index contributed by atoms with van der Waals surface area (Å²) in [5.74, 6) is 2.67. The van der Waals surface area contributed by atoms with E-state index < -0.39 is 5.41 Å². The minimum atomic E-state index is -0.569. The maximum absolute atomic E-state index is 6.63. The van der Waals surface area contributed by atoms with Crippen LogP contribution >= 0.6 is 0 Å². The normalized spacial score (nSPS) is 15.8. The van der Waals surface area contributed by atoms with Crippen LogP contribution in [0.15, 0.2) is 261 Å². The molecular weight excluding hydrogens is 967 g/mol. The lowest BCUT2D eigenvalue weighted by Crippen LogP contribution is -2.28. The molecule has 11 aromatic carbocycles. The predicted molar refractivity (Wildman–Crippen MR) is 333 cm³/mol.